The topological polar surface area (TPSA) is 102 Å². The number of amides is 1. The fourth-order valence-electron chi connectivity index (χ4n) is 2.82. The van der Waals surface area contributed by atoms with E-state index in [-0.39, 0.29) is 11.4 Å². The molecule has 9 heteroatoms. The molecule has 27 heavy (non-hydrogen) atoms. The van der Waals surface area contributed by atoms with Crippen molar-refractivity contribution in [2.45, 2.75) is 9.79 Å². The highest BCUT2D eigenvalue weighted by molar-refractivity contribution is 7.99. The number of anilines is 1. The molecule has 0 unspecified atom stereocenters. The largest absolute Gasteiger partial charge is 0.410 e. The number of likely N-dealkylation sites (N-methyl/N-ethyl adjacent to an activating group) is 1. The number of benzene rings is 2. The Morgan fingerprint density at radius 3 is 2.33 bits per heavy atom. The van der Waals surface area contributed by atoms with E-state index >= 15 is 0 Å². The Balaban J connectivity index is 1.73. The van der Waals surface area contributed by atoms with E-state index in [2.05, 4.69) is 29.0 Å². The zero-order chi connectivity index (χ0) is 19.4. The molecule has 1 amide bonds. The highest BCUT2D eigenvalue weighted by atomic mass is 32.2. The minimum Gasteiger partial charge on any atom is -0.403 e. The minimum absolute atomic E-state index is 0.161. The van der Waals surface area contributed by atoms with Crippen LogP contribution < -0.4 is 15.4 Å². The summed E-state index contributed by atoms with van der Waals surface area (Å²) in [5.74, 6) is -0.161. The number of carbonyl (C=O) groups is 1. The van der Waals surface area contributed by atoms with Crippen molar-refractivity contribution < 1.29 is 14.5 Å². The van der Waals surface area contributed by atoms with Crippen LogP contribution >= 0.6 is 11.8 Å². The Labute approximate surface area is 161 Å². The Morgan fingerprint density at radius 1 is 1.11 bits per heavy atom. The van der Waals surface area contributed by atoms with Crippen LogP contribution in [0.1, 0.15) is 0 Å². The van der Waals surface area contributed by atoms with Crippen molar-refractivity contribution in [3.05, 3.63) is 52.6 Å². The van der Waals surface area contributed by atoms with E-state index in [1.54, 1.807) is 6.07 Å². The Kier molecular flexibility index (Phi) is 5.82. The molecule has 0 aliphatic carbocycles. The molecule has 3 rings (SSSR count). The molecule has 1 saturated heterocycles. The first-order chi connectivity index (χ1) is 12.9. The molecule has 1 fully saturated rings. The van der Waals surface area contributed by atoms with Gasteiger partial charge in [-0.15, -0.1) is 0 Å². The van der Waals surface area contributed by atoms with Gasteiger partial charge in [0.2, 0.25) is 5.75 Å². The molecule has 2 N–H and O–H groups in total. The zero-order valence-corrected chi connectivity index (χ0v) is 15.6. The second-order valence-corrected chi connectivity index (χ2v) is 7.34. The first-order valence-corrected chi connectivity index (χ1v) is 9.21. The number of nitrogens with two attached hydrogens (primary N) is 1. The van der Waals surface area contributed by atoms with E-state index in [9.17, 15) is 14.9 Å². The lowest BCUT2D eigenvalue weighted by atomic mass is 10.2. The average molecular weight is 388 g/mol. The van der Waals surface area contributed by atoms with Crippen LogP contribution in [0.25, 0.3) is 0 Å². The van der Waals surface area contributed by atoms with Crippen molar-refractivity contribution in [3.8, 4) is 5.75 Å². The molecule has 0 atom stereocenters. The first kappa shape index (κ1) is 19.0. The lowest BCUT2D eigenvalue weighted by molar-refractivity contribution is -0.385. The molecular formula is C18H20N4O4S. The molecule has 2 aromatic carbocycles. The average Bonchev–Trinajstić information content (AvgIpc) is 2.62. The summed E-state index contributed by atoms with van der Waals surface area (Å²) in [6, 6.07) is 12.5. The molecule has 0 spiro atoms. The van der Waals surface area contributed by atoms with Gasteiger partial charge in [-0.25, -0.2) is 4.79 Å². The third-order valence-corrected chi connectivity index (χ3v) is 5.28. The number of primary amides is 1. The maximum Gasteiger partial charge on any atom is 0.410 e. The van der Waals surface area contributed by atoms with Gasteiger partial charge in [-0.2, -0.15) is 0 Å². The van der Waals surface area contributed by atoms with E-state index in [0.29, 0.717) is 4.90 Å². The van der Waals surface area contributed by atoms with Crippen molar-refractivity contribution >= 4 is 29.2 Å². The molecule has 0 saturated carbocycles. The highest BCUT2D eigenvalue weighted by Gasteiger charge is 2.18. The number of nitro groups is 1. The number of rotatable bonds is 5. The van der Waals surface area contributed by atoms with Crippen molar-refractivity contribution in [1.29, 1.82) is 0 Å². The second kappa shape index (κ2) is 8.28. The van der Waals surface area contributed by atoms with Crippen LogP contribution in [0.4, 0.5) is 16.2 Å². The number of piperazine rings is 1. The van der Waals surface area contributed by atoms with E-state index in [4.69, 9.17) is 10.5 Å². The maximum absolute atomic E-state index is 11.0. The molecule has 142 valence electrons. The standard InChI is InChI=1S/C18H20N4O4S/c1-20-8-10-21(11-9-20)13-2-4-14(5-3-13)27-15-6-7-16(22(24)25)17(12-15)26-18(19)23/h2-7,12H,8-11H2,1H3,(H2,19,23). The molecule has 2 aromatic rings. The monoisotopic (exact) mass is 388 g/mol. The number of carbonyl (C=O) groups excluding carboxylic acids is 1. The molecular weight excluding hydrogens is 368 g/mol. The smallest absolute Gasteiger partial charge is 0.403 e. The van der Waals surface area contributed by atoms with Crippen LogP contribution in [-0.4, -0.2) is 49.1 Å². The number of nitro benzene ring substituents is 1. The van der Waals surface area contributed by atoms with Gasteiger partial charge in [0, 0.05) is 53.8 Å². The summed E-state index contributed by atoms with van der Waals surface area (Å²) in [6.45, 7) is 4.09. The predicted molar refractivity (Wildman–Crippen MR) is 104 cm³/mol. The van der Waals surface area contributed by atoms with Crippen molar-refractivity contribution in [2.24, 2.45) is 5.73 Å². The van der Waals surface area contributed by atoms with Crippen molar-refractivity contribution in [1.82, 2.24) is 4.90 Å². The Bertz CT molecular complexity index is 836. The highest BCUT2D eigenvalue weighted by Crippen LogP contribution is 2.36. The predicted octanol–water partition coefficient (Wildman–Crippen LogP) is 2.96. The molecule has 1 aliphatic rings. The van der Waals surface area contributed by atoms with Gasteiger partial charge < -0.3 is 20.3 Å². The quantitative estimate of drug-likeness (QED) is 0.620. The number of ether oxygens (including phenoxy) is 1. The molecule has 0 radical (unpaired) electrons. The molecule has 8 nitrogen and oxygen atoms in total. The first-order valence-electron chi connectivity index (χ1n) is 8.39. The van der Waals surface area contributed by atoms with Gasteiger partial charge in [0.1, 0.15) is 0 Å². The Morgan fingerprint density at radius 2 is 1.74 bits per heavy atom. The summed E-state index contributed by atoms with van der Waals surface area (Å²) in [7, 11) is 2.12. The fourth-order valence-corrected chi connectivity index (χ4v) is 3.67. The summed E-state index contributed by atoms with van der Waals surface area (Å²) in [5, 5.41) is 11.0. The fraction of sp³-hybridized carbons (Fsp3) is 0.278. The zero-order valence-electron chi connectivity index (χ0n) is 14.8. The lowest BCUT2D eigenvalue weighted by Gasteiger charge is -2.34. The van der Waals surface area contributed by atoms with E-state index in [1.165, 1.54) is 29.6 Å². The maximum atomic E-state index is 11.0. The van der Waals surface area contributed by atoms with Crippen LogP contribution in [0.2, 0.25) is 0 Å². The Hall–Kier alpha value is -2.78. The minimum atomic E-state index is -1.09. The molecule has 0 aromatic heterocycles. The molecule has 1 heterocycles. The lowest BCUT2D eigenvalue weighted by Crippen LogP contribution is -2.44. The van der Waals surface area contributed by atoms with Gasteiger partial charge in [0.25, 0.3) is 0 Å². The van der Waals surface area contributed by atoms with Crippen LogP contribution in [0.5, 0.6) is 5.75 Å². The number of hydrogen-bond donors (Lipinski definition) is 1. The number of nitrogens with zero attached hydrogens (tertiary/aromatic N) is 3. The van der Waals surface area contributed by atoms with Gasteiger partial charge in [0.05, 0.1) is 4.92 Å². The summed E-state index contributed by atoms with van der Waals surface area (Å²) < 4.78 is 4.77. The van der Waals surface area contributed by atoms with E-state index in [0.717, 1.165) is 31.1 Å². The van der Waals surface area contributed by atoms with Crippen LogP contribution in [0, 0.1) is 10.1 Å². The van der Waals surface area contributed by atoms with Gasteiger partial charge in [0.15, 0.2) is 0 Å². The third-order valence-electron chi connectivity index (χ3n) is 4.28. The second-order valence-electron chi connectivity index (χ2n) is 6.19. The van der Waals surface area contributed by atoms with Crippen LogP contribution in [-0.2, 0) is 0 Å². The molecule has 0 bridgehead atoms. The normalized spacial score (nSPS) is 14.8. The SMILES string of the molecule is CN1CCN(c2ccc(Sc3ccc([N+](=O)[O-])c(OC(N)=O)c3)cc2)CC1. The van der Waals surface area contributed by atoms with Crippen molar-refractivity contribution in [3.63, 3.8) is 0 Å². The molecule has 1 aliphatic heterocycles. The van der Waals surface area contributed by atoms with Crippen LogP contribution in [0.3, 0.4) is 0 Å². The number of hydrogen-bond acceptors (Lipinski definition) is 7. The summed E-state index contributed by atoms with van der Waals surface area (Å²) >= 11 is 1.42. The summed E-state index contributed by atoms with van der Waals surface area (Å²) in [6.07, 6.45) is -1.09. The third kappa shape index (κ3) is 4.89. The van der Waals surface area contributed by atoms with Gasteiger partial charge in [-0.05, 0) is 37.4 Å². The van der Waals surface area contributed by atoms with Crippen LogP contribution in [0.15, 0.2) is 52.3 Å². The van der Waals surface area contributed by atoms with Gasteiger partial charge in [-0.1, -0.05) is 11.8 Å². The summed E-state index contributed by atoms with van der Waals surface area (Å²) in [4.78, 5) is 27.8. The van der Waals surface area contributed by atoms with Gasteiger partial charge in [-0.3, -0.25) is 10.1 Å². The van der Waals surface area contributed by atoms with E-state index < -0.39 is 11.0 Å². The van der Waals surface area contributed by atoms with Crippen molar-refractivity contribution in [2.75, 3.05) is 38.1 Å². The summed E-state index contributed by atoms with van der Waals surface area (Å²) in [5.41, 5.74) is 5.87. The van der Waals surface area contributed by atoms with E-state index in [1.807, 2.05) is 12.1 Å². The van der Waals surface area contributed by atoms with Gasteiger partial charge >= 0.3 is 11.8 Å².